The van der Waals surface area contributed by atoms with Crippen molar-refractivity contribution in [2.24, 2.45) is 35.0 Å². The van der Waals surface area contributed by atoms with Crippen LogP contribution in [0.4, 0.5) is 0 Å². The third-order valence-electron chi connectivity index (χ3n) is 7.91. The van der Waals surface area contributed by atoms with Crippen molar-refractivity contribution in [1.29, 1.82) is 0 Å². The zero-order valence-electron chi connectivity index (χ0n) is 12.9. The molecule has 0 saturated heterocycles. The van der Waals surface area contributed by atoms with E-state index < -0.39 is 0 Å². The van der Waals surface area contributed by atoms with Crippen LogP contribution in [0.25, 0.3) is 0 Å². The summed E-state index contributed by atoms with van der Waals surface area (Å²) in [6, 6.07) is 0. The van der Waals surface area contributed by atoms with Gasteiger partial charge in [-0.1, -0.05) is 39.0 Å². The smallest absolute Gasteiger partial charge is 0.0295 e. The zero-order chi connectivity index (χ0) is 12.9. The summed E-state index contributed by atoms with van der Waals surface area (Å²) in [6.07, 6.45) is 18.9. The zero-order valence-corrected chi connectivity index (χ0v) is 12.9. The molecule has 0 aromatic heterocycles. The van der Waals surface area contributed by atoms with Gasteiger partial charge >= 0.3 is 0 Å². The molecule has 4 saturated carbocycles. The van der Waals surface area contributed by atoms with Gasteiger partial charge in [-0.05, 0) is 80.0 Å². The molecule has 4 rings (SSSR count). The molecule has 0 bridgehead atoms. The fourth-order valence-corrected chi connectivity index (χ4v) is 6.86. The van der Waals surface area contributed by atoms with Gasteiger partial charge in [0, 0.05) is 0 Å². The predicted molar refractivity (Wildman–Crippen MR) is 81.0 cm³/mol. The van der Waals surface area contributed by atoms with Gasteiger partial charge in [0.1, 0.15) is 0 Å². The molecule has 19 heavy (non-hydrogen) atoms. The van der Waals surface area contributed by atoms with E-state index in [9.17, 15) is 0 Å². The normalized spacial score (nSPS) is 53.8. The number of hydrogen-bond acceptors (Lipinski definition) is 0. The first-order chi connectivity index (χ1) is 9.26. The van der Waals surface area contributed by atoms with Gasteiger partial charge in [0.15, 0.2) is 0 Å². The largest absolute Gasteiger partial charge is 0.0594 e. The van der Waals surface area contributed by atoms with Crippen molar-refractivity contribution in [1.82, 2.24) is 0 Å². The van der Waals surface area contributed by atoms with Crippen LogP contribution in [0, 0.1) is 35.0 Å². The lowest BCUT2D eigenvalue weighted by Gasteiger charge is -2.46. The van der Waals surface area contributed by atoms with Crippen molar-refractivity contribution >= 4 is 0 Å². The van der Waals surface area contributed by atoms with Crippen LogP contribution in [0.1, 0.15) is 84.0 Å². The van der Waals surface area contributed by atoms with Crippen molar-refractivity contribution in [2.75, 3.05) is 0 Å². The Hall–Kier alpha value is 0. The Morgan fingerprint density at radius 1 is 0.684 bits per heavy atom. The maximum Gasteiger partial charge on any atom is -0.0295 e. The second-order valence-electron chi connectivity index (χ2n) is 8.73. The van der Waals surface area contributed by atoms with Crippen molar-refractivity contribution in [3.63, 3.8) is 0 Å². The molecular weight excluding hydrogens is 228 g/mol. The molecule has 4 aliphatic rings. The summed E-state index contributed by atoms with van der Waals surface area (Å²) in [5.41, 5.74) is 0.761. The lowest BCUT2D eigenvalue weighted by Crippen LogP contribution is -2.38. The Bertz CT molecular complexity index is 333. The van der Waals surface area contributed by atoms with E-state index in [-0.39, 0.29) is 0 Å². The summed E-state index contributed by atoms with van der Waals surface area (Å²) in [6.45, 7) is 2.64. The summed E-state index contributed by atoms with van der Waals surface area (Å²) in [4.78, 5) is 0. The highest BCUT2D eigenvalue weighted by Gasteiger charge is 2.50. The van der Waals surface area contributed by atoms with Gasteiger partial charge in [-0.25, -0.2) is 0 Å². The molecule has 0 heteroatoms. The Balaban J connectivity index is 1.55. The highest BCUT2D eigenvalue weighted by atomic mass is 14.5. The van der Waals surface area contributed by atoms with E-state index in [0.717, 1.165) is 35.0 Å². The Morgan fingerprint density at radius 3 is 2.42 bits per heavy atom. The van der Waals surface area contributed by atoms with E-state index in [1.807, 2.05) is 0 Å². The maximum atomic E-state index is 2.64. The predicted octanol–water partition coefficient (Wildman–Crippen LogP) is 5.81. The molecule has 0 radical (unpaired) electrons. The summed E-state index contributed by atoms with van der Waals surface area (Å²) in [5, 5.41) is 0. The minimum Gasteiger partial charge on any atom is -0.0594 e. The first kappa shape index (κ1) is 12.7. The van der Waals surface area contributed by atoms with Crippen molar-refractivity contribution in [3.8, 4) is 0 Å². The van der Waals surface area contributed by atoms with E-state index >= 15 is 0 Å². The lowest BCUT2D eigenvalue weighted by atomic mass is 9.59. The van der Waals surface area contributed by atoms with E-state index in [1.54, 1.807) is 64.2 Å². The monoisotopic (exact) mass is 260 g/mol. The van der Waals surface area contributed by atoms with Gasteiger partial charge in [-0.3, -0.25) is 0 Å². The van der Waals surface area contributed by atoms with Gasteiger partial charge in [0.25, 0.3) is 0 Å². The van der Waals surface area contributed by atoms with Gasteiger partial charge in [0.05, 0.1) is 0 Å². The molecule has 4 aliphatic carbocycles. The van der Waals surface area contributed by atoms with Crippen LogP contribution in [0.15, 0.2) is 0 Å². The molecule has 0 N–H and O–H groups in total. The standard InChI is InChI=1S/C19H32/c1-19-11-4-7-18(19)17-9-8-14-5-2-3-6-15(14)13-16(17)10-12-19/h14-18H,2-13H2,1H3/t14?,15-,16-,17-,18+,19+/m1/s1. The maximum absolute atomic E-state index is 2.64. The molecule has 0 spiro atoms. The molecule has 1 unspecified atom stereocenters. The molecule has 0 heterocycles. The van der Waals surface area contributed by atoms with Crippen LogP contribution in [-0.2, 0) is 0 Å². The summed E-state index contributed by atoms with van der Waals surface area (Å²) < 4.78 is 0. The Labute approximate surface area is 119 Å². The summed E-state index contributed by atoms with van der Waals surface area (Å²) in [5.74, 6) is 5.64. The van der Waals surface area contributed by atoms with Gasteiger partial charge in [-0.2, -0.15) is 0 Å². The Morgan fingerprint density at radius 2 is 1.53 bits per heavy atom. The molecule has 0 aromatic carbocycles. The van der Waals surface area contributed by atoms with Crippen LogP contribution in [0.3, 0.4) is 0 Å². The molecule has 0 aliphatic heterocycles. The molecule has 108 valence electrons. The number of fused-ring (bicyclic) bond motifs is 4. The van der Waals surface area contributed by atoms with Crippen LogP contribution in [0.2, 0.25) is 0 Å². The third-order valence-corrected chi connectivity index (χ3v) is 7.91. The van der Waals surface area contributed by atoms with E-state index in [0.29, 0.717) is 0 Å². The minimum atomic E-state index is 0.761. The van der Waals surface area contributed by atoms with Crippen LogP contribution >= 0.6 is 0 Å². The van der Waals surface area contributed by atoms with Crippen LogP contribution in [0.5, 0.6) is 0 Å². The fraction of sp³-hybridized carbons (Fsp3) is 1.00. The molecule has 0 nitrogen and oxygen atoms in total. The minimum absolute atomic E-state index is 0.761. The van der Waals surface area contributed by atoms with Crippen LogP contribution in [-0.4, -0.2) is 0 Å². The van der Waals surface area contributed by atoms with Gasteiger partial charge in [-0.15, -0.1) is 0 Å². The average Bonchev–Trinajstić information content (AvgIpc) is 2.71. The van der Waals surface area contributed by atoms with Crippen molar-refractivity contribution < 1.29 is 0 Å². The molecule has 0 amide bonds. The van der Waals surface area contributed by atoms with Gasteiger partial charge < -0.3 is 0 Å². The third kappa shape index (κ3) is 2.09. The fourth-order valence-electron chi connectivity index (χ4n) is 6.86. The SMILES string of the molecule is C[C@@]12CCC[C@H]1[C@@H]1CCC3CCCC[C@@H]3C[C@H]1CC2. The summed E-state index contributed by atoms with van der Waals surface area (Å²) >= 11 is 0. The average molecular weight is 260 g/mol. The first-order valence-corrected chi connectivity index (χ1v) is 9.26. The summed E-state index contributed by atoms with van der Waals surface area (Å²) in [7, 11) is 0. The second kappa shape index (κ2) is 4.78. The molecule has 0 aromatic rings. The lowest BCUT2D eigenvalue weighted by molar-refractivity contribution is 0.0318. The highest BCUT2D eigenvalue weighted by Crippen LogP contribution is 2.60. The molecular formula is C19H32. The topological polar surface area (TPSA) is 0 Å². The van der Waals surface area contributed by atoms with Crippen LogP contribution < -0.4 is 0 Å². The quantitative estimate of drug-likeness (QED) is 0.515. The number of rotatable bonds is 0. The van der Waals surface area contributed by atoms with E-state index in [4.69, 9.17) is 0 Å². The highest BCUT2D eigenvalue weighted by molar-refractivity contribution is 5.00. The molecule has 6 atom stereocenters. The first-order valence-electron chi connectivity index (χ1n) is 9.26. The second-order valence-corrected chi connectivity index (χ2v) is 8.73. The molecule has 4 fully saturated rings. The van der Waals surface area contributed by atoms with Crippen molar-refractivity contribution in [3.05, 3.63) is 0 Å². The van der Waals surface area contributed by atoms with E-state index in [1.165, 1.54) is 12.8 Å². The van der Waals surface area contributed by atoms with Crippen molar-refractivity contribution in [2.45, 2.75) is 84.0 Å². The Kier molecular flexibility index (Phi) is 3.20. The van der Waals surface area contributed by atoms with E-state index in [2.05, 4.69) is 6.92 Å². The van der Waals surface area contributed by atoms with Gasteiger partial charge in [0.2, 0.25) is 0 Å². The number of hydrogen-bond donors (Lipinski definition) is 0.